The molecule has 102 valence electrons. The number of rotatable bonds is 5. The standard InChI is InChI=1S/C14H18N2O3/c1-16(14(15)19)11-6-4-10(5-7-11)12(8-13(17)18)9-2-3-9/h4-7,9,12H,2-3,8H2,1H3,(H2,15,19)(H,17,18). The third kappa shape index (κ3) is 3.24. The third-order valence-corrected chi connectivity index (χ3v) is 3.62. The van der Waals surface area contributed by atoms with Gasteiger partial charge in [-0.3, -0.25) is 9.69 Å². The molecule has 1 aliphatic carbocycles. The Balaban J connectivity index is 2.15. The van der Waals surface area contributed by atoms with E-state index in [0.717, 1.165) is 18.4 Å². The summed E-state index contributed by atoms with van der Waals surface area (Å²) in [5.41, 5.74) is 6.93. The number of carbonyl (C=O) groups excluding carboxylic acids is 1. The summed E-state index contributed by atoms with van der Waals surface area (Å²) in [4.78, 5) is 23.3. The number of urea groups is 1. The number of carbonyl (C=O) groups is 2. The first-order chi connectivity index (χ1) is 8.99. The van der Waals surface area contributed by atoms with Crippen LogP contribution in [-0.2, 0) is 4.79 Å². The number of aliphatic carboxylic acids is 1. The highest BCUT2D eigenvalue weighted by molar-refractivity contribution is 5.89. The normalized spacial score (nSPS) is 15.8. The van der Waals surface area contributed by atoms with Crippen molar-refractivity contribution in [3.63, 3.8) is 0 Å². The molecule has 0 radical (unpaired) electrons. The Morgan fingerprint density at radius 3 is 2.37 bits per heavy atom. The highest BCUT2D eigenvalue weighted by Crippen LogP contribution is 2.44. The molecule has 0 saturated heterocycles. The summed E-state index contributed by atoms with van der Waals surface area (Å²) in [6.45, 7) is 0. The lowest BCUT2D eigenvalue weighted by Gasteiger charge is -2.18. The maximum Gasteiger partial charge on any atom is 0.318 e. The number of hydrogen-bond donors (Lipinski definition) is 2. The maximum atomic E-state index is 11.1. The first-order valence-corrected chi connectivity index (χ1v) is 6.34. The number of amides is 2. The van der Waals surface area contributed by atoms with Crippen molar-refractivity contribution in [3.05, 3.63) is 29.8 Å². The Kier molecular flexibility index (Phi) is 3.74. The summed E-state index contributed by atoms with van der Waals surface area (Å²) in [6, 6.07) is 6.87. The van der Waals surface area contributed by atoms with Crippen LogP contribution >= 0.6 is 0 Å². The predicted octanol–water partition coefficient (Wildman–Crippen LogP) is 2.17. The monoisotopic (exact) mass is 262 g/mol. The lowest BCUT2D eigenvalue weighted by Crippen LogP contribution is -2.31. The Bertz CT molecular complexity index is 480. The second-order valence-electron chi connectivity index (χ2n) is 5.03. The van der Waals surface area contributed by atoms with Crippen molar-refractivity contribution in [3.8, 4) is 0 Å². The van der Waals surface area contributed by atoms with Crippen LogP contribution in [0.2, 0.25) is 0 Å². The topological polar surface area (TPSA) is 83.6 Å². The molecule has 3 N–H and O–H groups in total. The van der Waals surface area contributed by atoms with E-state index in [4.69, 9.17) is 10.8 Å². The van der Waals surface area contributed by atoms with Gasteiger partial charge in [0.1, 0.15) is 0 Å². The van der Waals surface area contributed by atoms with E-state index in [0.29, 0.717) is 11.6 Å². The van der Waals surface area contributed by atoms with Gasteiger partial charge in [-0.25, -0.2) is 4.79 Å². The van der Waals surface area contributed by atoms with Crippen molar-refractivity contribution in [1.29, 1.82) is 0 Å². The highest BCUT2D eigenvalue weighted by atomic mass is 16.4. The van der Waals surface area contributed by atoms with Crippen LogP contribution < -0.4 is 10.6 Å². The zero-order valence-electron chi connectivity index (χ0n) is 10.9. The molecule has 2 amide bonds. The van der Waals surface area contributed by atoms with Gasteiger partial charge in [0, 0.05) is 12.7 Å². The fourth-order valence-electron chi connectivity index (χ4n) is 2.32. The fraction of sp³-hybridized carbons (Fsp3) is 0.429. The Hall–Kier alpha value is -2.04. The zero-order chi connectivity index (χ0) is 14.0. The lowest BCUT2D eigenvalue weighted by atomic mass is 9.91. The Morgan fingerprint density at radius 2 is 1.95 bits per heavy atom. The van der Waals surface area contributed by atoms with Crippen molar-refractivity contribution < 1.29 is 14.7 Å². The molecule has 0 aliphatic heterocycles. The molecule has 1 atom stereocenters. The van der Waals surface area contributed by atoms with E-state index >= 15 is 0 Å². The highest BCUT2D eigenvalue weighted by Gasteiger charge is 2.33. The number of carboxylic acids is 1. The van der Waals surface area contributed by atoms with E-state index in [1.165, 1.54) is 4.90 Å². The summed E-state index contributed by atoms with van der Waals surface area (Å²) >= 11 is 0. The van der Waals surface area contributed by atoms with Gasteiger partial charge in [0.15, 0.2) is 0 Å². The molecule has 5 heteroatoms. The van der Waals surface area contributed by atoms with Crippen LogP contribution in [0.1, 0.15) is 30.7 Å². The number of anilines is 1. The van der Waals surface area contributed by atoms with Gasteiger partial charge in [-0.05, 0) is 42.4 Å². The largest absolute Gasteiger partial charge is 0.481 e. The van der Waals surface area contributed by atoms with Gasteiger partial charge < -0.3 is 10.8 Å². The van der Waals surface area contributed by atoms with Crippen molar-refractivity contribution in [2.75, 3.05) is 11.9 Å². The second kappa shape index (κ2) is 5.30. The van der Waals surface area contributed by atoms with Crippen LogP contribution in [0.4, 0.5) is 10.5 Å². The van der Waals surface area contributed by atoms with Crippen molar-refractivity contribution >= 4 is 17.7 Å². The van der Waals surface area contributed by atoms with Crippen LogP contribution in [-0.4, -0.2) is 24.2 Å². The van der Waals surface area contributed by atoms with Crippen LogP contribution in [0.3, 0.4) is 0 Å². The van der Waals surface area contributed by atoms with Crippen LogP contribution in [0.5, 0.6) is 0 Å². The molecule has 1 aromatic rings. The molecule has 1 aromatic carbocycles. The van der Waals surface area contributed by atoms with Crippen molar-refractivity contribution in [2.24, 2.45) is 11.7 Å². The van der Waals surface area contributed by atoms with Gasteiger partial charge in [-0.1, -0.05) is 12.1 Å². The third-order valence-electron chi connectivity index (χ3n) is 3.62. The number of nitrogens with zero attached hydrogens (tertiary/aromatic N) is 1. The first kappa shape index (κ1) is 13.4. The maximum absolute atomic E-state index is 11.1. The van der Waals surface area contributed by atoms with E-state index in [1.807, 2.05) is 12.1 Å². The van der Waals surface area contributed by atoms with E-state index in [1.54, 1.807) is 19.2 Å². The molecule has 0 bridgehead atoms. The van der Waals surface area contributed by atoms with Crippen LogP contribution in [0.25, 0.3) is 0 Å². The average molecular weight is 262 g/mol. The summed E-state index contributed by atoms with van der Waals surface area (Å²) in [7, 11) is 1.60. The minimum absolute atomic E-state index is 0.0745. The zero-order valence-corrected chi connectivity index (χ0v) is 10.9. The SMILES string of the molecule is CN(C(N)=O)c1ccc(C(CC(=O)O)C2CC2)cc1. The van der Waals surface area contributed by atoms with Crippen LogP contribution in [0, 0.1) is 5.92 Å². The van der Waals surface area contributed by atoms with E-state index in [9.17, 15) is 9.59 Å². The number of carboxylic acid groups (broad SMARTS) is 1. The number of primary amides is 1. The minimum Gasteiger partial charge on any atom is -0.481 e. The second-order valence-corrected chi connectivity index (χ2v) is 5.03. The molecule has 19 heavy (non-hydrogen) atoms. The van der Waals surface area contributed by atoms with Gasteiger partial charge in [-0.15, -0.1) is 0 Å². The predicted molar refractivity (Wildman–Crippen MR) is 72.1 cm³/mol. The Labute approximate surface area is 112 Å². The smallest absolute Gasteiger partial charge is 0.318 e. The fourth-order valence-corrected chi connectivity index (χ4v) is 2.32. The molecule has 1 saturated carbocycles. The molecular formula is C14H18N2O3. The Morgan fingerprint density at radius 1 is 1.37 bits per heavy atom. The van der Waals surface area contributed by atoms with Gasteiger partial charge >= 0.3 is 12.0 Å². The molecule has 1 aliphatic rings. The van der Waals surface area contributed by atoms with Crippen molar-refractivity contribution in [2.45, 2.75) is 25.2 Å². The number of hydrogen-bond acceptors (Lipinski definition) is 2. The quantitative estimate of drug-likeness (QED) is 0.853. The van der Waals surface area contributed by atoms with Crippen molar-refractivity contribution in [1.82, 2.24) is 0 Å². The molecule has 0 spiro atoms. The summed E-state index contributed by atoms with van der Waals surface area (Å²) in [5, 5.41) is 8.97. The van der Waals surface area contributed by atoms with Gasteiger partial charge in [-0.2, -0.15) is 0 Å². The van der Waals surface area contributed by atoms with E-state index < -0.39 is 12.0 Å². The van der Waals surface area contributed by atoms with E-state index in [-0.39, 0.29) is 12.3 Å². The molecule has 1 fully saturated rings. The molecule has 0 aromatic heterocycles. The van der Waals surface area contributed by atoms with Gasteiger partial charge in [0.05, 0.1) is 6.42 Å². The average Bonchev–Trinajstić information content (AvgIpc) is 3.19. The first-order valence-electron chi connectivity index (χ1n) is 6.34. The molecular weight excluding hydrogens is 244 g/mol. The minimum atomic E-state index is -0.768. The molecule has 0 heterocycles. The number of nitrogens with two attached hydrogens (primary N) is 1. The molecule has 5 nitrogen and oxygen atoms in total. The van der Waals surface area contributed by atoms with Gasteiger partial charge in [0.25, 0.3) is 0 Å². The lowest BCUT2D eigenvalue weighted by molar-refractivity contribution is -0.137. The number of benzene rings is 1. The summed E-state index contributed by atoms with van der Waals surface area (Å²) in [6.07, 6.45) is 2.36. The summed E-state index contributed by atoms with van der Waals surface area (Å²) < 4.78 is 0. The molecule has 1 unspecified atom stereocenters. The summed E-state index contributed by atoms with van der Waals surface area (Å²) in [5.74, 6) is -0.212. The van der Waals surface area contributed by atoms with E-state index in [2.05, 4.69) is 0 Å². The molecule has 2 rings (SSSR count). The van der Waals surface area contributed by atoms with Crippen LogP contribution in [0.15, 0.2) is 24.3 Å². The van der Waals surface area contributed by atoms with Gasteiger partial charge in [0.2, 0.25) is 0 Å².